The molecule has 3 rings (SSSR count). The lowest BCUT2D eigenvalue weighted by Crippen LogP contribution is -2.37. The molecule has 7 heteroatoms. The van der Waals surface area contributed by atoms with Crippen molar-refractivity contribution in [1.29, 1.82) is 0 Å². The van der Waals surface area contributed by atoms with Crippen molar-refractivity contribution in [3.8, 4) is 11.4 Å². The third-order valence-electron chi connectivity index (χ3n) is 4.01. The average molecular weight is 330 g/mol. The molecule has 24 heavy (non-hydrogen) atoms. The van der Waals surface area contributed by atoms with E-state index < -0.39 is 5.60 Å². The van der Waals surface area contributed by atoms with Crippen LogP contribution in [0, 0.1) is 0 Å². The van der Waals surface area contributed by atoms with Gasteiger partial charge >= 0.3 is 6.09 Å². The molecule has 7 nitrogen and oxygen atoms in total. The second-order valence-corrected chi connectivity index (χ2v) is 7.37. The van der Waals surface area contributed by atoms with Gasteiger partial charge in [-0.2, -0.15) is 4.98 Å². The van der Waals surface area contributed by atoms with Crippen LogP contribution in [0.25, 0.3) is 11.4 Å². The number of aromatic nitrogens is 3. The van der Waals surface area contributed by atoms with Gasteiger partial charge in [0, 0.05) is 31.0 Å². The summed E-state index contributed by atoms with van der Waals surface area (Å²) in [5, 5.41) is 4.06. The minimum Gasteiger partial charge on any atom is -0.444 e. The Kier molecular flexibility index (Phi) is 4.03. The van der Waals surface area contributed by atoms with Crippen molar-refractivity contribution >= 4 is 6.09 Å². The number of pyridine rings is 1. The molecule has 0 aliphatic carbocycles. The predicted octanol–water partition coefficient (Wildman–Crippen LogP) is 3.03. The van der Waals surface area contributed by atoms with Crippen LogP contribution in [0.1, 0.15) is 40.0 Å². The molecule has 3 heterocycles. The SMILES string of the molecule is CC(C)(C)OC(=O)N1CC[C@@](C)(c2nc(-c3ccncc3)no2)C1. The summed E-state index contributed by atoms with van der Waals surface area (Å²) >= 11 is 0. The van der Waals surface area contributed by atoms with E-state index in [4.69, 9.17) is 9.26 Å². The fourth-order valence-electron chi connectivity index (χ4n) is 2.70. The van der Waals surface area contributed by atoms with Crippen molar-refractivity contribution < 1.29 is 14.1 Å². The molecule has 1 atom stereocenters. The molecular formula is C17H22N4O3. The summed E-state index contributed by atoms with van der Waals surface area (Å²) in [6.07, 6.45) is 3.82. The van der Waals surface area contributed by atoms with Crippen molar-refractivity contribution in [3.63, 3.8) is 0 Å². The van der Waals surface area contributed by atoms with Crippen LogP contribution in [-0.2, 0) is 10.2 Å². The number of carbonyl (C=O) groups excluding carboxylic acids is 1. The fraction of sp³-hybridized carbons (Fsp3) is 0.529. The lowest BCUT2D eigenvalue weighted by atomic mass is 9.90. The topological polar surface area (TPSA) is 81.4 Å². The van der Waals surface area contributed by atoms with Crippen LogP contribution in [0.5, 0.6) is 0 Å². The van der Waals surface area contributed by atoms with Crippen molar-refractivity contribution in [1.82, 2.24) is 20.0 Å². The molecule has 0 radical (unpaired) electrons. The Morgan fingerprint density at radius 2 is 2.04 bits per heavy atom. The van der Waals surface area contributed by atoms with Crippen LogP contribution in [0.15, 0.2) is 29.0 Å². The van der Waals surface area contributed by atoms with Crippen LogP contribution in [-0.4, -0.2) is 44.8 Å². The standard InChI is InChI=1S/C17H22N4O3/c1-16(2,3)23-15(22)21-10-7-17(4,11-21)14-19-13(20-24-14)12-5-8-18-9-6-12/h5-6,8-9H,7,10-11H2,1-4H3/t17-/m1/s1. The zero-order chi connectivity index (χ0) is 17.4. The number of hydrogen-bond acceptors (Lipinski definition) is 6. The third-order valence-corrected chi connectivity index (χ3v) is 4.01. The van der Waals surface area contributed by atoms with E-state index in [1.165, 1.54) is 0 Å². The number of ether oxygens (including phenoxy) is 1. The average Bonchev–Trinajstić information content (AvgIpc) is 3.14. The molecule has 1 saturated heterocycles. The van der Waals surface area contributed by atoms with Gasteiger partial charge in [0.1, 0.15) is 5.60 Å². The normalized spacial score (nSPS) is 21.1. The molecule has 0 aromatic carbocycles. The predicted molar refractivity (Wildman–Crippen MR) is 87.3 cm³/mol. The maximum Gasteiger partial charge on any atom is 0.410 e. The first-order chi connectivity index (χ1) is 11.3. The number of amides is 1. The van der Waals surface area contributed by atoms with Crippen molar-refractivity contribution in [3.05, 3.63) is 30.4 Å². The molecule has 128 valence electrons. The third kappa shape index (κ3) is 3.39. The highest BCUT2D eigenvalue weighted by atomic mass is 16.6. The monoisotopic (exact) mass is 330 g/mol. The highest BCUT2D eigenvalue weighted by Gasteiger charge is 2.43. The van der Waals surface area contributed by atoms with Crippen LogP contribution in [0.2, 0.25) is 0 Å². The summed E-state index contributed by atoms with van der Waals surface area (Å²) in [4.78, 5) is 22.4. The summed E-state index contributed by atoms with van der Waals surface area (Å²) in [6, 6.07) is 3.66. The van der Waals surface area contributed by atoms with Crippen LogP contribution in [0.3, 0.4) is 0 Å². The van der Waals surface area contributed by atoms with Crippen LogP contribution >= 0.6 is 0 Å². The van der Waals surface area contributed by atoms with E-state index in [1.54, 1.807) is 17.3 Å². The summed E-state index contributed by atoms with van der Waals surface area (Å²) < 4.78 is 10.9. The van der Waals surface area contributed by atoms with E-state index in [9.17, 15) is 4.79 Å². The quantitative estimate of drug-likeness (QED) is 0.842. The van der Waals surface area contributed by atoms with Gasteiger partial charge in [-0.25, -0.2) is 4.79 Å². The molecular weight excluding hydrogens is 308 g/mol. The van der Waals surface area contributed by atoms with E-state index in [2.05, 4.69) is 15.1 Å². The first-order valence-electron chi connectivity index (χ1n) is 7.99. The van der Waals surface area contributed by atoms with Crippen molar-refractivity contribution in [2.45, 2.75) is 45.1 Å². The second-order valence-electron chi connectivity index (χ2n) is 7.37. The van der Waals surface area contributed by atoms with Gasteiger partial charge in [-0.05, 0) is 46.2 Å². The molecule has 1 aliphatic rings. The fourth-order valence-corrected chi connectivity index (χ4v) is 2.70. The van der Waals surface area contributed by atoms with Gasteiger partial charge in [0.15, 0.2) is 0 Å². The van der Waals surface area contributed by atoms with Crippen LogP contribution in [0.4, 0.5) is 4.79 Å². The minimum atomic E-state index is -0.505. The molecule has 1 amide bonds. The number of rotatable bonds is 2. The van der Waals surface area contributed by atoms with E-state index in [0.717, 1.165) is 12.0 Å². The Morgan fingerprint density at radius 3 is 2.71 bits per heavy atom. The lowest BCUT2D eigenvalue weighted by Gasteiger charge is -2.25. The van der Waals surface area contributed by atoms with Gasteiger partial charge in [-0.1, -0.05) is 5.16 Å². The zero-order valence-electron chi connectivity index (χ0n) is 14.4. The van der Waals surface area contributed by atoms with E-state index in [0.29, 0.717) is 24.8 Å². The Balaban J connectivity index is 1.74. The largest absolute Gasteiger partial charge is 0.444 e. The first kappa shape index (κ1) is 16.4. The molecule has 0 saturated carbocycles. The lowest BCUT2D eigenvalue weighted by molar-refractivity contribution is 0.0283. The van der Waals surface area contributed by atoms with Gasteiger partial charge in [0.25, 0.3) is 0 Å². The first-order valence-corrected chi connectivity index (χ1v) is 7.99. The van der Waals surface area contributed by atoms with Crippen molar-refractivity contribution in [2.24, 2.45) is 0 Å². The van der Waals surface area contributed by atoms with Gasteiger partial charge in [0.2, 0.25) is 11.7 Å². The second kappa shape index (κ2) is 5.89. The van der Waals surface area contributed by atoms with E-state index >= 15 is 0 Å². The highest BCUT2D eigenvalue weighted by molar-refractivity contribution is 5.68. The van der Waals surface area contributed by atoms with E-state index in [1.807, 2.05) is 39.8 Å². The number of hydrogen-bond donors (Lipinski definition) is 0. The summed E-state index contributed by atoms with van der Waals surface area (Å²) in [5.41, 5.74) is -0.0184. The Bertz CT molecular complexity index is 723. The smallest absolute Gasteiger partial charge is 0.410 e. The molecule has 2 aromatic rings. The molecule has 2 aromatic heterocycles. The van der Waals surface area contributed by atoms with Gasteiger partial charge in [-0.3, -0.25) is 4.98 Å². The molecule has 1 fully saturated rings. The molecule has 1 aliphatic heterocycles. The maximum absolute atomic E-state index is 12.2. The summed E-state index contributed by atoms with van der Waals surface area (Å²) in [7, 11) is 0. The summed E-state index contributed by atoms with van der Waals surface area (Å²) in [6.45, 7) is 8.72. The van der Waals surface area contributed by atoms with Gasteiger partial charge in [-0.15, -0.1) is 0 Å². The Hall–Kier alpha value is -2.44. The van der Waals surface area contributed by atoms with E-state index in [-0.39, 0.29) is 11.5 Å². The van der Waals surface area contributed by atoms with Gasteiger partial charge in [0.05, 0.1) is 5.41 Å². The Labute approximate surface area is 141 Å². The number of carbonyl (C=O) groups is 1. The molecule has 0 spiro atoms. The molecule has 0 N–H and O–H groups in total. The highest BCUT2D eigenvalue weighted by Crippen LogP contribution is 2.34. The maximum atomic E-state index is 12.2. The number of likely N-dealkylation sites (tertiary alicyclic amines) is 1. The minimum absolute atomic E-state index is 0.305. The van der Waals surface area contributed by atoms with Crippen molar-refractivity contribution in [2.75, 3.05) is 13.1 Å². The molecule has 0 bridgehead atoms. The Morgan fingerprint density at radius 1 is 1.33 bits per heavy atom. The summed E-state index contributed by atoms with van der Waals surface area (Å²) in [5.74, 6) is 1.07. The van der Waals surface area contributed by atoms with Gasteiger partial charge < -0.3 is 14.2 Å². The zero-order valence-corrected chi connectivity index (χ0v) is 14.4. The van der Waals surface area contributed by atoms with Crippen LogP contribution < -0.4 is 0 Å². The number of nitrogens with zero attached hydrogens (tertiary/aromatic N) is 4. The molecule has 0 unspecified atom stereocenters.